The molecule has 1 fully saturated rings. The third-order valence-electron chi connectivity index (χ3n) is 5.98. The Morgan fingerprint density at radius 3 is 2.42 bits per heavy atom. The van der Waals surface area contributed by atoms with Gasteiger partial charge in [0.1, 0.15) is 5.65 Å². The standard InChI is InChI=1S/C25H23F3N6O.CH4/c26-25(27,28)21-4-2-1-3-18(21)16-34-22(35)10-5-17-15-30-24(32-23(17)34)31-19-6-8-20(9-7-19)33-13-11-29-12-14-33;/h1-10,15,29H,11-14,16H2,(H,30,31,32);1H4. The first kappa shape index (κ1) is 25.2. The summed E-state index contributed by atoms with van der Waals surface area (Å²) in [5.41, 5.74) is 0.903. The van der Waals surface area contributed by atoms with Crippen LogP contribution in [0.2, 0.25) is 0 Å². The molecule has 1 aliphatic heterocycles. The van der Waals surface area contributed by atoms with Crippen LogP contribution in [0.4, 0.5) is 30.5 Å². The zero-order chi connectivity index (χ0) is 24.4. The molecule has 10 heteroatoms. The maximum absolute atomic E-state index is 13.5. The van der Waals surface area contributed by atoms with Crippen LogP contribution in [0.5, 0.6) is 0 Å². The highest BCUT2D eigenvalue weighted by Crippen LogP contribution is 2.32. The van der Waals surface area contributed by atoms with Gasteiger partial charge in [-0.3, -0.25) is 9.36 Å². The first-order valence-corrected chi connectivity index (χ1v) is 11.2. The summed E-state index contributed by atoms with van der Waals surface area (Å²) in [7, 11) is 0. The molecule has 0 spiro atoms. The van der Waals surface area contributed by atoms with Crippen molar-refractivity contribution in [2.75, 3.05) is 36.4 Å². The fourth-order valence-electron chi connectivity index (χ4n) is 4.20. The van der Waals surface area contributed by atoms with Crippen molar-refractivity contribution in [1.82, 2.24) is 19.9 Å². The number of hydrogen-bond acceptors (Lipinski definition) is 6. The van der Waals surface area contributed by atoms with Crippen LogP contribution in [-0.4, -0.2) is 40.7 Å². The fourth-order valence-corrected chi connectivity index (χ4v) is 4.20. The lowest BCUT2D eigenvalue weighted by Crippen LogP contribution is -2.43. The summed E-state index contributed by atoms with van der Waals surface area (Å²) in [5, 5.41) is 7.00. The number of rotatable bonds is 5. The van der Waals surface area contributed by atoms with E-state index in [0.717, 1.165) is 43.6 Å². The smallest absolute Gasteiger partial charge is 0.369 e. The number of nitrogens with zero attached hydrogens (tertiary/aromatic N) is 4. The number of aromatic nitrogens is 3. The van der Waals surface area contributed by atoms with Gasteiger partial charge >= 0.3 is 6.18 Å². The number of nitrogens with one attached hydrogen (secondary N) is 2. The van der Waals surface area contributed by atoms with Gasteiger partial charge in [-0.1, -0.05) is 25.6 Å². The van der Waals surface area contributed by atoms with Crippen molar-refractivity contribution in [3.05, 3.63) is 88.3 Å². The number of pyridine rings is 1. The summed E-state index contributed by atoms with van der Waals surface area (Å²) in [4.78, 5) is 23.7. The third-order valence-corrected chi connectivity index (χ3v) is 5.98. The number of piperazine rings is 1. The normalized spacial score (nSPS) is 13.9. The van der Waals surface area contributed by atoms with Crippen molar-refractivity contribution < 1.29 is 13.2 Å². The van der Waals surface area contributed by atoms with E-state index >= 15 is 0 Å². The Labute approximate surface area is 206 Å². The van der Waals surface area contributed by atoms with E-state index in [4.69, 9.17) is 0 Å². The molecular formula is C26H27F3N6O. The molecule has 2 aromatic heterocycles. The van der Waals surface area contributed by atoms with Crippen LogP contribution in [-0.2, 0) is 12.7 Å². The number of fused-ring (bicyclic) bond motifs is 1. The van der Waals surface area contributed by atoms with Gasteiger partial charge in [0.05, 0.1) is 12.1 Å². The van der Waals surface area contributed by atoms with E-state index in [1.807, 2.05) is 24.3 Å². The Kier molecular flexibility index (Phi) is 7.25. The Morgan fingerprint density at radius 1 is 0.972 bits per heavy atom. The van der Waals surface area contributed by atoms with Crippen molar-refractivity contribution >= 4 is 28.4 Å². The molecule has 0 bridgehead atoms. The molecule has 1 saturated heterocycles. The van der Waals surface area contributed by atoms with Crippen LogP contribution >= 0.6 is 0 Å². The quantitative estimate of drug-likeness (QED) is 0.419. The van der Waals surface area contributed by atoms with Crippen LogP contribution in [0, 0.1) is 0 Å². The molecule has 7 nitrogen and oxygen atoms in total. The van der Waals surface area contributed by atoms with Crippen LogP contribution in [0.1, 0.15) is 18.6 Å². The molecule has 2 aromatic carbocycles. The van der Waals surface area contributed by atoms with Gasteiger partial charge in [0, 0.05) is 55.2 Å². The van der Waals surface area contributed by atoms with Gasteiger partial charge in [0.2, 0.25) is 5.95 Å². The van der Waals surface area contributed by atoms with Gasteiger partial charge in [-0.2, -0.15) is 18.2 Å². The Balaban J connectivity index is 0.00000304. The molecule has 0 saturated carbocycles. The highest BCUT2D eigenvalue weighted by atomic mass is 19.4. The molecule has 2 N–H and O–H groups in total. The molecule has 36 heavy (non-hydrogen) atoms. The van der Waals surface area contributed by atoms with E-state index in [0.29, 0.717) is 5.39 Å². The van der Waals surface area contributed by atoms with E-state index in [1.165, 1.54) is 28.8 Å². The average molecular weight is 497 g/mol. The molecule has 0 aliphatic carbocycles. The zero-order valence-electron chi connectivity index (χ0n) is 18.7. The second-order valence-electron chi connectivity index (χ2n) is 8.29. The van der Waals surface area contributed by atoms with Gasteiger partial charge in [0.25, 0.3) is 5.56 Å². The van der Waals surface area contributed by atoms with E-state index in [1.54, 1.807) is 12.3 Å². The number of alkyl halides is 3. The van der Waals surface area contributed by atoms with Crippen molar-refractivity contribution in [2.45, 2.75) is 20.1 Å². The number of benzene rings is 2. The maximum Gasteiger partial charge on any atom is 0.416 e. The van der Waals surface area contributed by atoms with Crippen LogP contribution < -0.4 is 21.1 Å². The van der Waals surface area contributed by atoms with Crippen LogP contribution in [0.25, 0.3) is 11.0 Å². The second-order valence-corrected chi connectivity index (χ2v) is 8.29. The lowest BCUT2D eigenvalue weighted by Gasteiger charge is -2.29. The predicted octanol–water partition coefficient (Wildman–Crippen LogP) is 4.65. The molecule has 0 radical (unpaired) electrons. The number of hydrogen-bond donors (Lipinski definition) is 2. The minimum Gasteiger partial charge on any atom is -0.369 e. The molecule has 0 atom stereocenters. The third kappa shape index (κ3) is 5.33. The first-order valence-electron chi connectivity index (χ1n) is 11.2. The summed E-state index contributed by atoms with van der Waals surface area (Å²) in [5.74, 6) is 0.246. The van der Waals surface area contributed by atoms with Crippen LogP contribution in [0.15, 0.2) is 71.7 Å². The fraction of sp³-hybridized carbons (Fsp3) is 0.269. The maximum atomic E-state index is 13.5. The minimum absolute atomic E-state index is 0. The van der Waals surface area contributed by atoms with E-state index in [-0.39, 0.29) is 31.1 Å². The molecular weight excluding hydrogens is 469 g/mol. The number of anilines is 3. The number of halogens is 3. The zero-order valence-corrected chi connectivity index (χ0v) is 18.7. The Morgan fingerprint density at radius 2 is 1.69 bits per heavy atom. The first-order chi connectivity index (χ1) is 16.9. The lowest BCUT2D eigenvalue weighted by atomic mass is 10.1. The molecule has 5 rings (SSSR count). The SMILES string of the molecule is C.O=c1ccc2cnc(Nc3ccc(N4CCNCC4)cc3)nc2n1Cc1ccccc1C(F)(F)F. The summed E-state index contributed by atoms with van der Waals surface area (Å²) in [6.07, 6.45) is -2.98. The molecule has 188 valence electrons. The molecule has 4 aromatic rings. The van der Waals surface area contributed by atoms with Gasteiger partial charge in [0.15, 0.2) is 0 Å². The summed E-state index contributed by atoms with van der Waals surface area (Å²) in [6, 6.07) is 16.0. The summed E-state index contributed by atoms with van der Waals surface area (Å²) >= 11 is 0. The van der Waals surface area contributed by atoms with E-state index in [2.05, 4.69) is 25.5 Å². The molecule has 1 aliphatic rings. The topological polar surface area (TPSA) is 75.1 Å². The van der Waals surface area contributed by atoms with Crippen molar-refractivity contribution in [3.8, 4) is 0 Å². The van der Waals surface area contributed by atoms with E-state index in [9.17, 15) is 18.0 Å². The minimum atomic E-state index is -4.52. The van der Waals surface area contributed by atoms with Gasteiger partial charge in [-0.15, -0.1) is 0 Å². The van der Waals surface area contributed by atoms with Crippen molar-refractivity contribution in [3.63, 3.8) is 0 Å². The lowest BCUT2D eigenvalue weighted by molar-refractivity contribution is -0.138. The van der Waals surface area contributed by atoms with Crippen molar-refractivity contribution in [1.29, 1.82) is 0 Å². The predicted molar refractivity (Wildman–Crippen MR) is 136 cm³/mol. The molecule has 3 heterocycles. The molecule has 0 amide bonds. The monoisotopic (exact) mass is 496 g/mol. The van der Waals surface area contributed by atoms with Gasteiger partial charge in [-0.05, 0) is 42.0 Å². The van der Waals surface area contributed by atoms with E-state index < -0.39 is 17.3 Å². The van der Waals surface area contributed by atoms with Gasteiger partial charge < -0.3 is 15.5 Å². The van der Waals surface area contributed by atoms with Crippen LogP contribution in [0.3, 0.4) is 0 Å². The molecule has 0 unspecified atom stereocenters. The average Bonchev–Trinajstić information content (AvgIpc) is 2.86. The van der Waals surface area contributed by atoms with Gasteiger partial charge in [-0.25, -0.2) is 4.98 Å². The second kappa shape index (κ2) is 10.4. The summed E-state index contributed by atoms with van der Waals surface area (Å²) < 4.78 is 41.7. The Bertz CT molecular complexity index is 1400. The van der Waals surface area contributed by atoms with Crippen molar-refractivity contribution in [2.24, 2.45) is 0 Å². The highest BCUT2D eigenvalue weighted by Gasteiger charge is 2.33. The largest absolute Gasteiger partial charge is 0.416 e. The highest BCUT2D eigenvalue weighted by molar-refractivity contribution is 5.76. The summed E-state index contributed by atoms with van der Waals surface area (Å²) in [6.45, 7) is 3.51. The Hall–Kier alpha value is -3.92.